The highest BCUT2D eigenvalue weighted by Gasteiger charge is 2.23. The van der Waals surface area contributed by atoms with Gasteiger partial charge in [-0.2, -0.15) is 0 Å². The van der Waals surface area contributed by atoms with Crippen LogP contribution in [0.4, 0.5) is 0 Å². The Kier molecular flexibility index (Phi) is 3.41. The van der Waals surface area contributed by atoms with Gasteiger partial charge in [0.1, 0.15) is 11.6 Å². The number of nitrogens with two attached hydrogens (primary N) is 1. The second-order valence-electron chi connectivity index (χ2n) is 4.19. The minimum atomic E-state index is -3.24. The van der Waals surface area contributed by atoms with Crippen LogP contribution in [0.15, 0.2) is 18.5 Å². The van der Waals surface area contributed by atoms with E-state index >= 15 is 0 Å². The lowest BCUT2D eigenvalue weighted by Gasteiger charge is -2.17. The molecule has 0 saturated carbocycles. The largest absolute Gasteiger partial charge is 0.325 e. The highest BCUT2D eigenvalue weighted by Crippen LogP contribution is 2.07. The number of hydrogen-bond acceptors (Lipinski definition) is 5. The van der Waals surface area contributed by atoms with E-state index in [1.807, 2.05) is 0 Å². The summed E-state index contributed by atoms with van der Waals surface area (Å²) in [6, 6.07) is 1.64. The minimum absolute atomic E-state index is 0.0712. The van der Waals surface area contributed by atoms with Crippen LogP contribution < -0.4 is 5.73 Å². The number of rotatable bonds is 4. The monoisotopic (exact) mass is 229 g/mol. The van der Waals surface area contributed by atoms with E-state index in [0.29, 0.717) is 5.82 Å². The molecule has 0 aromatic carbocycles. The Labute approximate surface area is 89.7 Å². The van der Waals surface area contributed by atoms with E-state index in [2.05, 4.69) is 9.97 Å². The molecule has 1 aromatic heterocycles. The molecular formula is C9H15N3O2S. The fourth-order valence-corrected chi connectivity index (χ4v) is 3.00. The van der Waals surface area contributed by atoms with Crippen molar-refractivity contribution >= 4 is 9.84 Å². The molecule has 0 unspecified atom stereocenters. The van der Waals surface area contributed by atoms with Gasteiger partial charge in [0.25, 0.3) is 0 Å². The molecule has 0 aliphatic rings. The lowest BCUT2D eigenvalue weighted by atomic mass is 10.1. The van der Waals surface area contributed by atoms with Crippen LogP contribution in [0.2, 0.25) is 0 Å². The van der Waals surface area contributed by atoms with Crippen molar-refractivity contribution in [2.24, 2.45) is 5.73 Å². The van der Waals surface area contributed by atoms with Crippen LogP contribution in [0.3, 0.4) is 0 Å². The van der Waals surface area contributed by atoms with Crippen LogP contribution in [0.5, 0.6) is 0 Å². The molecule has 0 radical (unpaired) electrons. The van der Waals surface area contributed by atoms with E-state index in [-0.39, 0.29) is 11.5 Å². The number of nitrogens with zero attached hydrogens (tertiary/aromatic N) is 2. The SMILES string of the molecule is CC(C)(N)CS(=O)(=O)Cc1ncccn1. The van der Waals surface area contributed by atoms with Gasteiger partial charge in [0.15, 0.2) is 9.84 Å². The van der Waals surface area contributed by atoms with Crippen LogP contribution in [0.1, 0.15) is 19.7 Å². The zero-order valence-corrected chi connectivity index (χ0v) is 9.66. The zero-order valence-electron chi connectivity index (χ0n) is 8.84. The van der Waals surface area contributed by atoms with E-state index < -0.39 is 15.4 Å². The first-order chi connectivity index (χ1) is 6.79. The fraction of sp³-hybridized carbons (Fsp3) is 0.556. The molecule has 1 rings (SSSR count). The Hall–Kier alpha value is -1.01. The van der Waals surface area contributed by atoms with Crippen LogP contribution in [-0.4, -0.2) is 29.7 Å². The van der Waals surface area contributed by atoms with E-state index in [1.54, 1.807) is 19.9 Å². The van der Waals surface area contributed by atoms with Crippen molar-refractivity contribution in [2.45, 2.75) is 25.1 Å². The van der Waals surface area contributed by atoms with Crippen molar-refractivity contribution < 1.29 is 8.42 Å². The second kappa shape index (κ2) is 4.24. The fourth-order valence-electron chi connectivity index (χ4n) is 1.22. The molecule has 1 aromatic rings. The predicted molar refractivity (Wildman–Crippen MR) is 57.8 cm³/mol. The van der Waals surface area contributed by atoms with E-state index in [1.165, 1.54) is 12.4 Å². The summed E-state index contributed by atoms with van der Waals surface area (Å²) in [5, 5.41) is 0. The quantitative estimate of drug-likeness (QED) is 0.793. The Balaban J connectivity index is 2.74. The maximum Gasteiger partial charge on any atom is 0.159 e. The van der Waals surface area contributed by atoms with Gasteiger partial charge in [0.05, 0.1) is 5.75 Å². The van der Waals surface area contributed by atoms with Crippen LogP contribution in [0.25, 0.3) is 0 Å². The summed E-state index contributed by atoms with van der Waals surface area (Å²) in [4.78, 5) is 7.73. The standard InChI is InChI=1S/C9H15N3O2S/c1-9(2,10)7-15(13,14)6-8-11-4-3-5-12-8/h3-5H,6-7,10H2,1-2H3. The number of hydrogen-bond donors (Lipinski definition) is 1. The summed E-state index contributed by atoms with van der Waals surface area (Å²) < 4.78 is 23.3. The summed E-state index contributed by atoms with van der Waals surface area (Å²) in [5.74, 6) is 0.0777. The highest BCUT2D eigenvalue weighted by molar-refractivity contribution is 7.90. The second-order valence-corrected chi connectivity index (χ2v) is 6.25. The molecule has 0 amide bonds. The Bertz CT molecular complexity index is 409. The summed E-state index contributed by atoms with van der Waals surface area (Å²) in [6.07, 6.45) is 3.04. The maximum atomic E-state index is 11.7. The Morgan fingerprint density at radius 3 is 2.33 bits per heavy atom. The van der Waals surface area contributed by atoms with Gasteiger partial charge >= 0.3 is 0 Å². The van der Waals surface area contributed by atoms with Gasteiger partial charge in [-0.3, -0.25) is 0 Å². The number of sulfone groups is 1. The summed E-state index contributed by atoms with van der Waals surface area (Å²) >= 11 is 0. The van der Waals surface area contributed by atoms with Crippen LogP contribution in [0, 0.1) is 0 Å². The molecule has 0 saturated heterocycles. The minimum Gasteiger partial charge on any atom is -0.325 e. The molecule has 1 heterocycles. The van der Waals surface area contributed by atoms with Crippen molar-refractivity contribution in [3.05, 3.63) is 24.3 Å². The predicted octanol–water partition coefficient (Wildman–Crippen LogP) is 0.129. The zero-order chi connectivity index (χ0) is 11.5. The topological polar surface area (TPSA) is 85.9 Å². The third kappa shape index (κ3) is 4.85. The smallest absolute Gasteiger partial charge is 0.159 e. The van der Waals surface area contributed by atoms with Gasteiger partial charge in [-0.05, 0) is 19.9 Å². The van der Waals surface area contributed by atoms with Gasteiger partial charge in [0, 0.05) is 17.9 Å². The third-order valence-corrected chi connectivity index (χ3v) is 3.44. The van der Waals surface area contributed by atoms with Crippen LogP contribution in [-0.2, 0) is 15.6 Å². The molecule has 2 N–H and O–H groups in total. The molecule has 5 nitrogen and oxygen atoms in total. The average molecular weight is 229 g/mol. The van der Waals surface area contributed by atoms with Gasteiger partial charge in [-0.1, -0.05) is 0 Å². The first-order valence-electron chi connectivity index (χ1n) is 4.54. The van der Waals surface area contributed by atoms with Crippen molar-refractivity contribution in [3.8, 4) is 0 Å². The molecule has 0 spiro atoms. The average Bonchev–Trinajstić information content (AvgIpc) is 1.99. The van der Waals surface area contributed by atoms with E-state index in [0.717, 1.165) is 0 Å². The maximum absolute atomic E-state index is 11.7. The summed E-state index contributed by atoms with van der Waals surface area (Å²) in [5.41, 5.74) is 4.93. The summed E-state index contributed by atoms with van der Waals surface area (Å²) in [7, 11) is -3.24. The van der Waals surface area contributed by atoms with Crippen molar-refractivity contribution in [3.63, 3.8) is 0 Å². The Morgan fingerprint density at radius 1 is 1.33 bits per heavy atom. The van der Waals surface area contributed by atoms with Crippen molar-refractivity contribution in [2.75, 3.05) is 5.75 Å². The van der Waals surface area contributed by atoms with Crippen LogP contribution >= 0.6 is 0 Å². The van der Waals surface area contributed by atoms with Gasteiger partial charge in [-0.15, -0.1) is 0 Å². The third-order valence-electron chi connectivity index (χ3n) is 1.56. The molecule has 0 bridgehead atoms. The first-order valence-corrected chi connectivity index (χ1v) is 6.36. The molecule has 0 aliphatic carbocycles. The molecular weight excluding hydrogens is 214 g/mol. The molecule has 6 heteroatoms. The molecule has 0 atom stereocenters. The normalized spacial score (nSPS) is 12.7. The highest BCUT2D eigenvalue weighted by atomic mass is 32.2. The molecule has 84 valence electrons. The first kappa shape index (κ1) is 12.1. The van der Waals surface area contributed by atoms with Crippen molar-refractivity contribution in [1.29, 1.82) is 0 Å². The van der Waals surface area contributed by atoms with Crippen molar-refractivity contribution in [1.82, 2.24) is 9.97 Å². The lowest BCUT2D eigenvalue weighted by Crippen LogP contribution is -2.40. The Morgan fingerprint density at radius 2 is 1.87 bits per heavy atom. The summed E-state index contributed by atoms with van der Waals surface area (Å²) in [6.45, 7) is 3.35. The van der Waals surface area contributed by atoms with E-state index in [4.69, 9.17) is 5.73 Å². The molecule has 0 aliphatic heterocycles. The molecule has 15 heavy (non-hydrogen) atoms. The van der Waals surface area contributed by atoms with Gasteiger partial charge in [-0.25, -0.2) is 18.4 Å². The molecule has 0 fully saturated rings. The van der Waals surface area contributed by atoms with Gasteiger partial charge < -0.3 is 5.73 Å². The van der Waals surface area contributed by atoms with Gasteiger partial charge in [0.2, 0.25) is 0 Å². The lowest BCUT2D eigenvalue weighted by molar-refractivity contribution is 0.543. The number of aromatic nitrogens is 2. The van der Waals surface area contributed by atoms with E-state index in [9.17, 15) is 8.42 Å².